The first-order chi connectivity index (χ1) is 10.1. The maximum Gasteiger partial charge on any atom is 0.0847 e. The molecule has 1 aliphatic heterocycles. The molecule has 2 aliphatic rings. The molecule has 0 bridgehead atoms. The summed E-state index contributed by atoms with van der Waals surface area (Å²) in [6, 6.07) is 0.733. The van der Waals surface area contributed by atoms with E-state index in [1.54, 1.807) is 0 Å². The van der Waals surface area contributed by atoms with Crippen molar-refractivity contribution in [3.63, 3.8) is 0 Å². The minimum Gasteiger partial charge on any atom is -0.381 e. The number of hydrogen-bond donors (Lipinski definition) is 1. The second-order valence-corrected chi connectivity index (χ2v) is 7.03. The molecule has 1 atom stereocenters. The van der Waals surface area contributed by atoms with Crippen LogP contribution in [0, 0.1) is 12.3 Å². The van der Waals surface area contributed by atoms with Gasteiger partial charge in [0.2, 0.25) is 0 Å². The lowest BCUT2D eigenvalue weighted by molar-refractivity contribution is -0.00832. The van der Waals surface area contributed by atoms with Gasteiger partial charge >= 0.3 is 0 Å². The maximum atomic E-state index is 6.50. The Morgan fingerprint density at radius 2 is 2.29 bits per heavy atom. The summed E-state index contributed by atoms with van der Waals surface area (Å²) in [5, 5.41) is 9.10. The zero-order valence-electron chi connectivity index (χ0n) is 13.1. The minimum absolute atomic E-state index is 0.171. The molecule has 1 saturated heterocycles. The standard InChI is InChI=1S/C16H26ClN3O/c1-3-20-14(15(17)12(2)19-20)9-16(7-4-8-21-11-16)10-18-13-5-6-13/h13,18H,3-11H2,1-2H3. The first kappa shape index (κ1) is 15.3. The Hall–Kier alpha value is -0.580. The molecule has 2 fully saturated rings. The van der Waals surface area contributed by atoms with Gasteiger partial charge in [-0.3, -0.25) is 4.68 Å². The monoisotopic (exact) mass is 311 g/mol. The van der Waals surface area contributed by atoms with Gasteiger partial charge in [0.25, 0.3) is 0 Å². The van der Waals surface area contributed by atoms with E-state index in [2.05, 4.69) is 22.0 Å². The topological polar surface area (TPSA) is 39.1 Å². The summed E-state index contributed by atoms with van der Waals surface area (Å²) >= 11 is 6.50. The molecule has 0 aromatic carbocycles. The summed E-state index contributed by atoms with van der Waals surface area (Å²) in [4.78, 5) is 0. The smallest absolute Gasteiger partial charge is 0.0847 e. The molecule has 1 aromatic heterocycles. The molecule has 0 amide bonds. The van der Waals surface area contributed by atoms with E-state index in [9.17, 15) is 0 Å². The van der Waals surface area contributed by atoms with Gasteiger partial charge in [-0.05, 0) is 46.0 Å². The molecule has 21 heavy (non-hydrogen) atoms. The molecule has 2 heterocycles. The summed E-state index contributed by atoms with van der Waals surface area (Å²) in [6.45, 7) is 7.74. The molecule has 4 nitrogen and oxygen atoms in total. The average Bonchev–Trinajstić information content (AvgIpc) is 3.29. The van der Waals surface area contributed by atoms with Gasteiger partial charge in [-0.25, -0.2) is 0 Å². The van der Waals surface area contributed by atoms with E-state index < -0.39 is 0 Å². The highest BCUT2D eigenvalue weighted by Gasteiger charge is 2.36. The Balaban J connectivity index is 1.79. The van der Waals surface area contributed by atoms with Crippen LogP contribution in [0.1, 0.15) is 44.0 Å². The van der Waals surface area contributed by atoms with Gasteiger partial charge < -0.3 is 10.1 Å². The Bertz CT molecular complexity index is 490. The molecule has 5 heteroatoms. The molecule has 1 aromatic rings. The van der Waals surface area contributed by atoms with E-state index in [0.29, 0.717) is 0 Å². The summed E-state index contributed by atoms with van der Waals surface area (Å²) in [7, 11) is 0. The summed E-state index contributed by atoms with van der Waals surface area (Å²) in [6.07, 6.45) is 5.95. The highest BCUT2D eigenvalue weighted by atomic mass is 35.5. The normalized spacial score (nSPS) is 26.2. The third kappa shape index (κ3) is 3.43. The molecule has 1 N–H and O–H groups in total. The Labute approximate surface area is 132 Å². The molecule has 0 spiro atoms. The largest absolute Gasteiger partial charge is 0.381 e. The highest BCUT2D eigenvalue weighted by molar-refractivity contribution is 6.31. The molecular weight excluding hydrogens is 286 g/mol. The fourth-order valence-corrected chi connectivity index (χ4v) is 3.49. The van der Waals surface area contributed by atoms with E-state index in [1.165, 1.54) is 25.0 Å². The predicted molar refractivity (Wildman–Crippen MR) is 84.9 cm³/mol. The van der Waals surface area contributed by atoms with Crippen LogP contribution < -0.4 is 5.32 Å². The maximum absolute atomic E-state index is 6.50. The van der Waals surface area contributed by atoms with Crippen molar-refractivity contribution in [2.24, 2.45) is 5.41 Å². The van der Waals surface area contributed by atoms with Crippen molar-refractivity contribution in [3.05, 3.63) is 16.4 Å². The van der Waals surface area contributed by atoms with Crippen molar-refractivity contribution in [2.75, 3.05) is 19.8 Å². The number of ether oxygens (including phenoxy) is 1. The molecule has 0 radical (unpaired) electrons. The summed E-state index contributed by atoms with van der Waals surface area (Å²) in [5.41, 5.74) is 2.29. The van der Waals surface area contributed by atoms with Crippen LogP contribution in [0.25, 0.3) is 0 Å². The molecular formula is C16H26ClN3O. The van der Waals surface area contributed by atoms with Crippen molar-refractivity contribution >= 4 is 11.6 Å². The van der Waals surface area contributed by atoms with Gasteiger partial charge in [-0.15, -0.1) is 0 Å². The zero-order chi connectivity index (χ0) is 14.9. The lowest BCUT2D eigenvalue weighted by atomic mass is 9.78. The third-order valence-electron chi connectivity index (χ3n) is 4.74. The first-order valence-electron chi connectivity index (χ1n) is 8.16. The molecule has 118 valence electrons. The Morgan fingerprint density at radius 1 is 1.48 bits per heavy atom. The Morgan fingerprint density at radius 3 is 2.90 bits per heavy atom. The van der Waals surface area contributed by atoms with Crippen molar-refractivity contribution in [1.82, 2.24) is 15.1 Å². The van der Waals surface area contributed by atoms with Crippen LogP contribution in [0.5, 0.6) is 0 Å². The molecule has 1 saturated carbocycles. The van der Waals surface area contributed by atoms with Crippen LogP contribution in [-0.4, -0.2) is 35.6 Å². The molecule has 3 rings (SSSR count). The second kappa shape index (κ2) is 6.27. The van der Waals surface area contributed by atoms with Gasteiger partial charge in [-0.1, -0.05) is 11.6 Å². The van der Waals surface area contributed by atoms with Crippen LogP contribution in [0.4, 0.5) is 0 Å². The van der Waals surface area contributed by atoms with Crippen LogP contribution in [0.15, 0.2) is 0 Å². The van der Waals surface area contributed by atoms with Crippen molar-refractivity contribution in [2.45, 2.75) is 58.5 Å². The van der Waals surface area contributed by atoms with Gasteiger partial charge in [0.05, 0.1) is 23.0 Å². The van der Waals surface area contributed by atoms with Crippen molar-refractivity contribution in [3.8, 4) is 0 Å². The lowest BCUT2D eigenvalue weighted by Crippen LogP contribution is -2.43. The fraction of sp³-hybridized carbons (Fsp3) is 0.812. The van der Waals surface area contributed by atoms with Gasteiger partial charge in [0.15, 0.2) is 0 Å². The number of aryl methyl sites for hydroxylation is 2. The minimum atomic E-state index is 0.171. The van der Waals surface area contributed by atoms with Crippen LogP contribution in [-0.2, 0) is 17.7 Å². The predicted octanol–water partition coefficient (Wildman–Crippen LogP) is 2.96. The van der Waals surface area contributed by atoms with E-state index in [1.807, 2.05) is 6.92 Å². The van der Waals surface area contributed by atoms with Gasteiger partial charge in [0, 0.05) is 31.2 Å². The van der Waals surface area contributed by atoms with E-state index >= 15 is 0 Å². The number of nitrogens with one attached hydrogen (secondary N) is 1. The molecule has 1 unspecified atom stereocenters. The molecule has 1 aliphatic carbocycles. The van der Waals surface area contributed by atoms with Crippen LogP contribution in [0.3, 0.4) is 0 Å². The van der Waals surface area contributed by atoms with Crippen LogP contribution >= 0.6 is 11.6 Å². The summed E-state index contributed by atoms with van der Waals surface area (Å²) in [5.74, 6) is 0. The Kier molecular flexibility index (Phi) is 4.57. The number of nitrogens with zero attached hydrogens (tertiary/aromatic N) is 2. The third-order valence-corrected chi connectivity index (χ3v) is 5.23. The number of aromatic nitrogens is 2. The number of halogens is 1. The first-order valence-corrected chi connectivity index (χ1v) is 8.54. The van der Waals surface area contributed by atoms with Crippen molar-refractivity contribution < 1.29 is 4.74 Å². The average molecular weight is 312 g/mol. The van der Waals surface area contributed by atoms with Crippen LogP contribution in [0.2, 0.25) is 5.02 Å². The number of hydrogen-bond acceptors (Lipinski definition) is 3. The second-order valence-electron chi connectivity index (χ2n) is 6.65. The SMILES string of the molecule is CCn1nc(C)c(Cl)c1CC1(CNC2CC2)CCCOC1. The lowest BCUT2D eigenvalue weighted by Gasteiger charge is -2.37. The highest BCUT2D eigenvalue weighted by Crippen LogP contribution is 2.36. The van der Waals surface area contributed by atoms with Gasteiger partial charge in [-0.2, -0.15) is 5.10 Å². The summed E-state index contributed by atoms with van der Waals surface area (Å²) < 4.78 is 7.88. The van der Waals surface area contributed by atoms with E-state index in [4.69, 9.17) is 16.3 Å². The van der Waals surface area contributed by atoms with E-state index in [-0.39, 0.29) is 5.41 Å². The zero-order valence-corrected chi connectivity index (χ0v) is 13.9. The number of rotatable bonds is 6. The van der Waals surface area contributed by atoms with Gasteiger partial charge in [0.1, 0.15) is 0 Å². The van der Waals surface area contributed by atoms with E-state index in [0.717, 1.165) is 55.9 Å². The van der Waals surface area contributed by atoms with Crippen molar-refractivity contribution in [1.29, 1.82) is 0 Å². The quantitative estimate of drug-likeness (QED) is 0.878. The fourth-order valence-electron chi connectivity index (χ4n) is 3.29.